The average Bonchev–Trinajstić information content (AvgIpc) is 2.56. The van der Waals surface area contributed by atoms with Gasteiger partial charge in [0.15, 0.2) is 11.5 Å². The summed E-state index contributed by atoms with van der Waals surface area (Å²) < 4.78 is 0. The van der Waals surface area contributed by atoms with Crippen LogP contribution in [-0.4, -0.2) is 26.8 Å². The highest BCUT2D eigenvalue weighted by Gasteiger charge is 2.17. The molecule has 1 amide bonds. The maximum absolute atomic E-state index is 12.3. The smallest absolute Gasteiger partial charge is 0.295 e. The second-order valence-corrected chi connectivity index (χ2v) is 6.35. The van der Waals surface area contributed by atoms with Gasteiger partial charge in [0.05, 0.1) is 0 Å². The van der Waals surface area contributed by atoms with Gasteiger partial charge in [0.2, 0.25) is 11.7 Å². The van der Waals surface area contributed by atoms with Crippen LogP contribution in [0.5, 0.6) is 5.75 Å². The number of aromatic nitrogens is 2. The van der Waals surface area contributed by atoms with E-state index in [9.17, 15) is 14.7 Å². The van der Waals surface area contributed by atoms with E-state index in [0.717, 1.165) is 5.56 Å². The summed E-state index contributed by atoms with van der Waals surface area (Å²) in [6.07, 6.45) is 0. The summed E-state index contributed by atoms with van der Waals surface area (Å²) in [6.45, 7) is 6.17. The summed E-state index contributed by atoms with van der Waals surface area (Å²) in [7, 11) is 0. The van der Waals surface area contributed by atoms with Crippen molar-refractivity contribution in [2.24, 2.45) is 5.11 Å². The molecule has 0 unspecified atom stereocenters. The average molecular weight is 342 g/mol. The van der Waals surface area contributed by atoms with Crippen LogP contribution in [-0.2, 0) is 5.41 Å². The number of carbonyl (C=O) groups excluding carboxylic acids is 1. The van der Waals surface area contributed by atoms with Crippen LogP contribution < -0.4 is 10.9 Å². The topological polar surface area (TPSA) is 155 Å². The SMILES string of the molecule is CC(C)(C)c1ccc(C(=O)Nc2nc(C(=N)N=N)c(O)c(=O)[nH]2)cc1. The highest BCUT2D eigenvalue weighted by molar-refractivity contribution is 6.04. The Morgan fingerprint density at radius 3 is 2.40 bits per heavy atom. The molecule has 0 saturated carbocycles. The molecule has 0 spiro atoms. The van der Waals surface area contributed by atoms with Crippen LogP contribution in [0.4, 0.5) is 5.95 Å². The summed E-state index contributed by atoms with van der Waals surface area (Å²) in [4.78, 5) is 29.9. The van der Waals surface area contributed by atoms with Crippen molar-refractivity contribution in [2.45, 2.75) is 26.2 Å². The lowest BCUT2D eigenvalue weighted by Crippen LogP contribution is -2.21. The first-order valence-corrected chi connectivity index (χ1v) is 7.35. The number of nitrogens with zero attached hydrogens (tertiary/aromatic N) is 2. The Kier molecular flexibility index (Phi) is 4.77. The van der Waals surface area contributed by atoms with E-state index in [1.54, 1.807) is 12.1 Å². The maximum atomic E-state index is 12.3. The predicted molar refractivity (Wildman–Crippen MR) is 91.6 cm³/mol. The zero-order valence-electron chi connectivity index (χ0n) is 14.0. The molecular weight excluding hydrogens is 324 g/mol. The first-order chi connectivity index (χ1) is 11.6. The van der Waals surface area contributed by atoms with Crippen LogP contribution in [0.1, 0.15) is 42.4 Å². The van der Waals surface area contributed by atoms with Crippen LogP contribution in [0.15, 0.2) is 34.2 Å². The molecule has 1 heterocycles. The molecule has 2 rings (SSSR count). The number of hydrogen-bond donors (Lipinski definition) is 5. The third-order valence-corrected chi connectivity index (χ3v) is 3.48. The van der Waals surface area contributed by atoms with Crippen molar-refractivity contribution in [3.05, 3.63) is 51.4 Å². The minimum Gasteiger partial charge on any atom is -0.501 e. The molecule has 0 radical (unpaired) electrons. The molecule has 1 aromatic heterocycles. The van der Waals surface area contributed by atoms with Gasteiger partial charge in [-0.3, -0.25) is 25.3 Å². The Hall–Kier alpha value is -3.36. The molecule has 9 heteroatoms. The summed E-state index contributed by atoms with van der Waals surface area (Å²) in [5.74, 6) is -2.31. The minimum atomic E-state index is -0.947. The number of nitrogens with one attached hydrogen (secondary N) is 4. The number of carbonyl (C=O) groups is 1. The molecule has 0 saturated heterocycles. The molecule has 9 nitrogen and oxygen atoms in total. The third-order valence-electron chi connectivity index (χ3n) is 3.48. The number of amides is 1. The van der Waals surface area contributed by atoms with Crippen LogP contribution in [0.2, 0.25) is 0 Å². The van der Waals surface area contributed by atoms with Gasteiger partial charge < -0.3 is 5.11 Å². The van der Waals surface area contributed by atoms with E-state index in [4.69, 9.17) is 10.9 Å². The molecular formula is C16H18N6O3. The fraction of sp³-hybridized carbons (Fsp3) is 0.250. The maximum Gasteiger partial charge on any atom is 0.295 e. The van der Waals surface area contributed by atoms with Crippen LogP contribution in [0, 0.1) is 10.9 Å². The largest absolute Gasteiger partial charge is 0.501 e. The number of aromatic hydroxyl groups is 1. The van der Waals surface area contributed by atoms with Crippen LogP contribution in [0.25, 0.3) is 0 Å². The number of aromatic amines is 1. The normalized spacial score (nSPS) is 11.0. The van der Waals surface area contributed by atoms with Crippen molar-refractivity contribution in [3.63, 3.8) is 0 Å². The van der Waals surface area contributed by atoms with E-state index >= 15 is 0 Å². The van der Waals surface area contributed by atoms with Crippen molar-refractivity contribution in [1.82, 2.24) is 9.97 Å². The van der Waals surface area contributed by atoms with Gasteiger partial charge in [0, 0.05) is 5.56 Å². The number of anilines is 1. The first kappa shape index (κ1) is 18.0. The number of amidine groups is 1. The van der Waals surface area contributed by atoms with Gasteiger partial charge in [-0.1, -0.05) is 32.9 Å². The molecule has 0 fully saturated rings. The monoisotopic (exact) mass is 342 g/mol. The Bertz CT molecular complexity index is 894. The quantitative estimate of drug-likeness (QED) is 0.330. The van der Waals surface area contributed by atoms with E-state index < -0.39 is 28.7 Å². The fourth-order valence-electron chi connectivity index (χ4n) is 2.05. The van der Waals surface area contributed by atoms with Crippen molar-refractivity contribution < 1.29 is 9.90 Å². The molecule has 0 atom stereocenters. The van der Waals surface area contributed by atoms with Gasteiger partial charge in [-0.2, -0.15) is 0 Å². The van der Waals surface area contributed by atoms with Gasteiger partial charge in [-0.25, -0.2) is 10.5 Å². The molecule has 0 bridgehead atoms. The zero-order chi connectivity index (χ0) is 18.8. The van der Waals surface area contributed by atoms with Gasteiger partial charge in [0.25, 0.3) is 11.5 Å². The van der Waals surface area contributed by atoms with Crippen molar-refractivity contribution in [3.8, 4) is 5.75 Å². The lowest BCUT2D eigenvalue weighted by molar-refractivity contribution is 0.102. The van der Waals surface area contributed by atoms with Gasteiger partial charge >= 0.3 is 0 Å². The molecule has 2 aromatic rings. The Morgan fingerprint density at radius 2 is 1.88 bits per heavy atom. The summed E-state index contributed by atoms with van der Waals surface area (Å²) in [5, 5.41) is 22.2. The minimum absolute atomic E-state index is 0.0478. The zero-order valence-corrected chi connectivity index (χ0v) is 14.0. The predicted octanol–water partition coefficient (Wildman–Crippen LogP) is 2.38. The highest BCUT2D eigenvalue weighted by atomic mass is 16.3. The number of benzene rings is 1. The van der Waals surface area contributed by atoms with Gasteiger partial charge in [-0.05, 0) is 23.1 Å². The Balaban J connectivity index is 2.29. The molecule has 130 valence electrons. The van der Waals surface area contributed by atoms with E-state index in [2.05, 4.69) is 41.2 Å². The van der Waals surface area contributed by atoms with Crippen LogP contribution in [0.3, 0.4) is 0 Å². The Labute approximate surface area is 143 Å². The van der Waals surface area contributed by atoms with E-state index in [1.807, 2.05) is 12.1 Å². The molecule has 5 N–H and O–H groups in total. The molecule has 0 aliphatic carbocycles. The third kappa shape index (κ3) is 3.94. The van der Waals surface area contributed by atoms with Crippen molar-refractivity contribution >= 4 is 17.7 Å². The number of hydrogen-bond acceptors (Lipinski definition) is 6. The summed E-state index contributed by atoms with van der Waals surface area (Å²) in [5.41, 5.74) is 6.71. The van der Waals surface area contributed by atoms with Crippen molar-refractivity contribution in [2.75, 3.05) is 5.32 Å². The first-order valence-electron chi connectivity index (χ1n) is 7.35. The summed E-state index contributed by atoms with van der Waals surface area (Å²) >= 11 is 0. The second-order valence-electron chi connectivity index (χ2n) is 6.35. The van der Waals surface area contributed by atoms with Gasteiger partial charge in [-0.15, -0.1) is 5.11 Å². The molecule has 25 heavy (non-hydrogen) atoms. The van der Waals surface area contributed by atoms with Crippen molar-refractivity contribution in [1.29, 1.82) is 10.9 Å². The van der Waals surface area contributed by atoms with E-state index in [0.29, 0.717) is 5.56 Å². The lowest BCUT2D eigenvalue weighted by Gasteiger charge is -2.19. The standard InChI is InChI=1S/C16H18N6O3/c1-16(2,3)9-6-4-8(5-7-9)13(24)20-15-19-10(12(17)22-18)11(23)14(25)21-15/h4-7,17-18,23H,1-3H3,(H2,19,20,21,24,25). The second kappa shape index (κ2) is 6.63. The fourth-order valence-corrected chi connectivity index (χ4v) is 2.05. The lowest BCUT2D eigenvalue weighted by atomic mass is 9.87. The van der Waals surface area contributed by atoms with Crippen LogP contribution >= 0.6 is 0 Å². The number of H-pyrrole nitrogens is 1. The Morgan fingerprint density at radius 1 is 1.28 bits per heavy atom. The van der Waals surface area contributed by atoms with Gasteiger partial charge in [0.1, 0.15) is 0 Å². The molecule has 1 aromatic carbocycles. The highest BCUT2D eigenvalue weighted by Crippen LogP contribution is 2.22. The molecule has 0 aliphatic rings. The summed E-state index contributed by atoms with van der Waals surface area (Å²) in [6, 6.07) is 6.97. The number of rotatable bonds is 3. The van der Waals surface area contributed by atoms with E-state index in [-0.39, 0.29) is 11.4 Å². The van der Waals surface area contributed by atoms with E-state index in [1.165, 1.54) is 0 Å². The molecule has 0 aliphatic heterocycles.